The monoisotopic (exact) mass is 528 g/mol. The van der Waals surface area contributed by atoms with Gasteiger partial charge in [0.15, 0.2) is 0 Å². The summed E-state index contributed by atoms with van der Waals surface area (Å²) in [6.45, 7) is 0.0937. The topological polar surface area (TPSA) is 91.4 Å². The summed E-state index contributed by atoms with van der Waals surface area (Å²) in [5, 5.41) is 5.91. The van der Waals surface area contributed by atoms with E-state index in [4.69, 9.17) is 11.6 Å². The highest BCUT2D eigenvalue weighted by Crippen LogP contribution is 2.29. The number of hydrogen-bond donors (Lipinski definition) is 2. The number of benzene rings is 3. The van der Waals surface area contributed by atoms with E-state index in [0.29, 0.717) is 38.8 Å². The molecule has 1 atom stereocenters. The van der Waals surface area contributed by atoms with Crippen LogP contribution in [0.15, 0.2) is 91.1 Å². The Morgan fingerprint density at radius 2 is 1.79 bits per heavy atom. The highest BCUT2D eigenvalue weighted by atomic mass is 35.5. The number of nitrogens with one attached hydrogen (secondary N) is 2. The Morgan fingerprint density at radius 1 is 0.974 bits per heavy atom. The fourth-order valence-electron chi connectivity index (χ4n) is 4.32. The van der Waals surface area contributed by atoms with Gasteiger partial charge in [0.05, 0.1) is 11.3 Å². The van der Waals surface area contributed by atoms with E-state index in [9.17, 15) is 18.8 Å². The van der Waals surface area contributed by atoms with E-state index in [1.54, 1.807) is 72.9 Å². The molecule has 1 aromatic heterocycles. The van der Waals surface area contributed by atoms with Crippen LogP contribution in [0.5, 0.6) is 0 Å². The lowest BCUT2D eigenvalue weighted by Gasteiger charge is -2.29. The third kappa shape index (κ3) is 5.55. The fourth-order valence-corrected chi connectivity index (χ4v) is 4.49. The summed E-state index contributed by atoms with van der Waals surface area (Å²) in [4.78, 5) is 45.2. The van der Waals surface area contributed by atoms with Crippen molar-refractivity contribution in [2.45, 2.75) is 19.0 Å². The molecule has 0 bridgehead atoms. The average molecular weight is 529 g/mol. The lowest BCUT2D eigenvalue weighted by atomic mass is 10.0. The molecular formula is C29H22ClFN4O3. The van der Waals surface area contributed by atoms with Gasteiger partial charge in [0.2, 0.25) is 5.91 Å². The molecule has 1 aliphatic heterocycles. The molecular weight excluding hydrogens is 507 g/mol. The van der Waals surface area contributed by atoms with Crippen molar-refractivity contribution in [3.05, 3.63) is 124 Å². The van der Waals surface area contributed by atoms with Crippen LogP contribution in [-0.4, -0.2) is 33.6 Å². The summed E-state index contributed by atoms with van der Waals surface area (Å²) < 4.78 is 13.9. The summed E-state index contributed by atoms with van der Waals surface area (Å²) in [5.74, 6) is -1.09. The number of hydrogen-bond acceptors (Lipinski definition) is 4. The van der Waals surface area contributed by atoms with Crippen LogP contribution in [0, 0.1) is 5.82 Å². The van der Waals surface area contributed by atoms with E-state index in [2.05, 4.69) is 15.6 Å². The third-order valence-electron chi connectivity index (χ3n) is 6.20. The van der Waals surface area contributed by atoms with Gasteiger partial charge in [0.25, 0.3) is 11.8 Å². The molecule has 0 fully saturated rings. The van der Waals surface area contributed by atoms with Crippen LogP contribution in [0.4, 0.5) is 15.9 Å². The number of aromatic nitrogens is 1. The van der Waals surface area contributed by atoms with Gasteiger partial charge in [-0.2, -0.15) is 0 Å². The van der Waals surface area contributed by atoms with Crippen molar-refractivity contribution in [3.8, 4) is 0 Å². The first-order valence-electron chi connectivity index (χ1n) is 11.8. The molecule has 0 saturated heterocycles. The second-order valence-electron chi connectivity index (χ2n) is 8.83. The molecule has 7 nitrogen and oxygen atoms in total. The zero-order valence-corrected chi connectivity index (χ0v) is 20.8. The van der Waals surface area contributed by atoms with Crippen molar-refractivity contribution in [2.75, 3.05) is 10.6 Å². The average Bonchev–Trinajstić information content (AvgIpc) is 2.99. The van der Waals surface area contributed by atoms with Crippen LogP contribution < -0.4 is 10.6 Å². The Bertz CT molecular complexity index is 1510. The fraction of sp³-hybridized carbons (Fsp3) is 0.103. The SMILES string of the molecule is O=C(Nc1ccccn1)c1ccc(CN2C(=O)c3ccc(Cl)cc3NC(=O)C2Cc2cccc(F)c2)cc1. The van der Waals surface area contributed by atoms with Crippen LogP contribution >= 0.6 is 11.6 Å². The van der Waals surface area contributed by atoms with Crippen LogP contribution in [0.1, 0.15) is 31.8 Å². The molecule has 0 radical (unpaired) electrons. The summed E-state index contributed by atoms with van der Waals surface area (Å²) in [6, 6.07) is 21.7. The minimum Gasteiger partial charge on any atom is -0.323 e. The first kappa shape index (κ1) is 25.1. The zero-order valence-electron chi connectivity index (χ0n) is 20.0. The molecule has 4 aromatic rings. The molecule has 0 aliphatic carbocycles. The maximum Gasteiger partial charge on any atom is 0.256 e. The van der Waals surface area contributed by atoms with Gasteiger partial charge in [0.1, 0.15) is 17.7 Å². The van der Waals surface area contributed by atoms with E-state index in [0.717, 1.165) is 0 Å². The number of anilines is 2. The molecule has 2 N–H and O–H groups in total. The van der Waals surface area contributed by atoms with Crippen molar-refractivity contribution < 1.29 is 18.8 Å². The predicted molar refractivity (Wildman–Crippen MR) is 142 cm³/mol. The number of pyridine rings is 1. The van der Waals surface area contributed by atoms with E-state index < -0.39 is 17.8 Å². The Balaban J connectivity index is 1.43. The number of fused-ring (bicyclic) bond motifs is 1. The van der Waals surface area contributed by atoms with E-state index in [1.807, 2.05) is 0 Å². The molecule has 5 rings (SSSR count). The minimum absolute atomic E-state index is 0.0937. The molecule has 9 heteroatoms. The molecule has 2 heterocycles. The quantitative estimate of drug-likeness (QED) is 0.354. The Labute approximate surface area is 223 Å². The van der Waals surface area contributed by atoms with Gasteiger partial charge < -0.3 is 15.5 Å². The summed E-state index contributed by atoms with van der Waals surface area (Å²) in [6.07, 6.45) is 1.70. The second-order valence-corrected chi connectivity index (χ2v) is 9.26. The van der Waals surface area contributed by atoms with Gasteiger partial charge in [-0.25, -0.2) is 9.37 Å². The number of carbonyl (C=O) groups excluding carboxylic acids is 3. The zero-order chi connectivity index (χ0) is 26.6. The first-order chi connectivity index (χ1) is 18.4. The molecule has 3 aromatic carbocycles. The number of nitrogens with zero attached hydrogens (tertiary/aromatic N) is 2. The maximum atomic E-state index is 13.9. The highest BCUT2D eigenvalue weighted by molar-refractivity contribution is 6.31. The molecule has 0 spiro atoms. The Kier molecular flexibility index (Phi) is 7.15. The number of rotatable bonds is 6. The molecule has 1 unspecified atom stereocenters. The minimum atomic E-state index is -0.914. The number of carbonyl (C=O) groups is 3. The lowest BCUT2D eigenvalue weighted by Crippen LogP contribution is -2.46. The third-order valence-corrected chi connectivity index (χ3v) is 6.44. The van der Waals surface area contributed by atoms with Crippen LogP contribution in [0.3, 0.4) is 0 Å². The van der Waals surface area contributed by atoms with Crippen molar-refractivity contribution in [1.29, 1.82) is 0 Å². The standard InChI is InChI=1S/C29H22ClFN4O3/c30-21-11-12-23-24(16-21)33-28(37)25(15-19-4-3-5-22(31)14-19)35(29(23)38)17-18-7-9-20(10-8-18)27(36)34-26-6-1-2-13-32-26/h1-14,16,25H,15,17H2,(H,33,37)(H,32,34,36). The summed E-state index contributed by atoms with van der Waals surface area (Å²) in [7, 11) is 0. The van der Waals surface area contributed by atoms with E-state index in [1.165, 1.54) is 23.1 Å². The van der Waals surface area contributed by atoms with Crippen molar-refractivity contribution in [3.63, 3.8) is 0 Å². The van der Waals surface area contributed by atoms with Gasteiger partial charge in [-0.3, -0.25) is 14.4 Å². The van der Waals surface area contributed by atoms with Crippen molar-refractivity contribution in [1.82, 2.24) is 9.88 Å². The highest BCUT2D eigenvalue weighted by Gasteiger charge is 2.35. The summed E-state index contributed by atoms with van der Waals surface area (Å²) >= 11 is 6.11. The normalized spacial score (nSPS) is 14.9. The summed E-state index contributed by atoms with van der Waals surface area (Å²) in [5.41, 5.74) is 2.32. The molecule has 38 heavy (non-hydrogen) atoms. The van der Waals surface area contributed by atoms with Gasteiger partial charge in [-0.05, 0) is 65.7 Å². The van der Waals surface area contributed by atoms with Gasteiger partial charge in [0, 0.05) is 29.7 Å². The van der Waals surface area contributed by atoms with Crippen molar-refractivity contribution in [2.24, 2.45) is 0 Å². The van der Waals surface area contributed by atoms with Gasteiger partial charge in [-0.1, -0.05) is 41.9 Å². The molecule has 0 saturated carbocycles. The van der Waals surface area contributed by atoms with Crippen LogP contribution in [-0.2, 0) is 17.8 Å². The van der Waals surface area contributed by atoms with E-state index in [-0.39, 0.29) is 24.8 Å². The Morgan fingerprint density at radius 3 is 2.53 bits per heavy atom. The van der Waals surface area contributed by atoms with Crippen LogP contribution in [0.25, 0.3) is 0 Å². The Hall–Kier alpha value is -4.56. The largest absolute Gasteiger partial charge is 0.323 e. The smallest absolute Gasteiger partial charge is 0.256 e. The second kappa shape index (κ2) is 10.8. The number of amides is 3. The molecule has 1 aliphatic rings. The van der Waals surface area contributed by atoms with E-state index >= 15 is 0 Å². The van der Waals surface area contributed by atoms with Gasteiger partial charge in [-0.15, -0.1) is 0 Å². The molecule has 3 amide bonds. The van der Waals surface area contributed by atoms with Crippen LogP contribution in [0.2, 0.25) is 5.02 Å². The first-order valence-corrected chi connectivity index (χ1v) is 12.2. The van der Waals surface area contributed by atoms with Gasteiger partial charge >= 0.3 is 0 Å². The predicted octanol–water partition coefficient (Wildman–Crippen LogP) is 5.33. The lowest BCUT2D eigenvalue weighted by molar-refractivity contribution is -0.120. The van der Waals surface area contributed by atoms with Crippen molar-refractivity contribution >= 4 is 40.8 Å². The maximum absolute atomic E-state index is 13.9. The number of halogens is 2. The molecule has 190 valence electrons.